The summed E-state index contributed by atoms with van der Waals surface area (Å²) >= 11 is 0. The molecular weight excluding hydrogens is 302 g/mol. The standard InChI is InChI=1S/C12H17NO7S/c1-7(14)13-10(12(17)20-2)6-21(18,19)5-8-3-9(15)4-11(8)16/h3,9-10,15H,4-6H2,1-2H3,(H,13,14)/t9-,10-/m0/s1. The van der Waals surface area contributed by atoms with Crippen LogP contribution in [0.1, 0.15) is 13.3 Å². The summed E-state index contributed by atoms with van der Waals surface area (Å²) in [6.45, 7) is 1.14. The summed E-state index contributed by atoms with van der Waals surface area (Å²) in [6.07, 6.45) is 0.0667. The van der Waals surface area contributed by atoms with Crippen LogP contribution in [0.3, 0.4) is 0 Å². The van der Waals surface area contributed by atoms with E-state index in [2.05, 4.69) is 10.1 Å². The first kappa shape index (κ1) is 17.3. The van der Waals surface area contributed by atoms with Crippen LogP contribution in [-0.4, -0.2) is 61.9 Å². The van der Waals surface area contributed by atoms with Crippen molar-refractivity contribution in [1.29, 1.82) is 0 Å². The normalized spacial score (nSPS) is 19.9. The van der Waals surface area contributed by atoms with Crippen molar-refractivity contribution < 1.29 is 32.6 Å². The number of nitrogens with one attached hydrogen (secondary N) is 1. The molecule has 0 aromatic heterocycles. The van der Waals surface area contributed by atoms with E-state index in [4.69, 9.17) is 0 Å². The minimum absolute atomic E-state index is 0.00561. The van der Waals surface area contributed by atoms with Crippen LogP contribution >= 0.6 is 0 Å². The van der Waals surface area contributed by atoms with Crippen molar-refractivity contribution in [3.05, 3.63) is 11.6 Å². The van der Waals surface area contributed by atoms with Crippen molar-refractivity contribution in [3.63, 3.8) is 0 Å². The van der Waals surface area contributed by atoms with E-state index in [1.54, 1.807) is 0 Å². The zero-order valence-corrected chi connectivity index (χ0v) is 12.5. The monoisotopic (exact) mass is 319 g/mol. The Kier molecular flexibility index (Phi) is 5.62. The molecule has 1 aliphatic carbocycles. The number of amides is 1. The topological polar surface area (TPSA) is 127 Å². The molecule has 0 aromatic rings. The molecule has 0 fully saturated rings. The molecule has 1 amide bonds. The van der Waals surface area contributed by atoms with Crippen molar-refractivity contribution >= 4 is 27.5 Å². The van der Waals surface area contributed by atoms with Crippen molar-refractivity contribution in [2.45, 2.75) is 25.5 Å². The molecule has 0 radical (unpaired) electrons. The largest absolute Gasteiger partial charge is 0.467 e. The van der Waals surface area contributed by atoms with Gasteiger partial charge in [-0.2, -0.15) is 0 Å². The van der Waals surface area contributed by atoms with Crippen LogP contribution in [-0.2, 0) is 29.0 Å². The first-order valence-corrected chi connectivity index (χ1v) is 7.94. The van der Waals surface area contributed by atoms with Gasteiger partial charge in [-0.1, -0.05) is 0 Å². The average molecular weight is 319 g/mol. The number of aliphatic hydroxyl groups is 1. The molecule has 0 aliphatic heterocycles. The highest BCUT2D eigenvalue weighted by atomic mass is 32.2. The van der Waals surface area contributed by atoms with Crippen molar-refractivity contribution in [2.24, 2.45) is 0 Å². The van der Waals surface area contributed by atoms with E-state index < -0.39 is 51.1 Å². The number of hydrogen-bond acceptors (Lipinski definition) is 7. The molecule has 0 bridgehead atoms. The van der Waals surface area contributed by atoms with Gasteiger partial charge < -0.3 is 15.2 Å². The number of esters is 1. The predicted molar refractivity (Wildman–Crippen MR) is 72.0 cm³/mol. The van der Waals surface area contributed by atoms with Crippen LogP contribution in [0.2, 0.25) is 0 Å². The molecule has 21 heavy (non-hydrogen) atoms. The maximum absolute atomic E-state index is 12.0. The van der Waals surface area contributed by atoms with E-state index in [-0.39, 0.29) is 12.0 Å². The smallest absolute Gasteiger partial charge is 0.329 e. The van der Waals surface area contributed by atoms with Gasteiger partial charge in [0.15, 0.2) is 15.6 Å². The van der Waals surface area contributed by atoms with Gasteiger partial charge in [0.2, 0.25) is 5.91 Å². The molecule has 9 heteroatoms. The number of hydrogen-bond donors (Lipinski definition) is 2. The Morgan fingerprint density at radius 2 is 2.14 bits per heavy atom. The van der Waals surface area contributed by atoms with Crippen LogP contribution in [0, 0.1) is 0 Å². The maximum atomic E-state index is 12.0. The van der Waals surface area contributed by atoms with Gasteiger partial charge in [0.1, 0.15) is 6.04 Å². The molecule has 2 atom stereocenters. The van der Waals surface area contributed by atoms with Crippen molar-refractivity contribution in [1.82, 2.24) is 5.32 Å². The second-order valence-corrected chi connectivity index (χ2v) is 6.83. The lowest BCUT2D eigenvalue weighted by atomic mass is 10.2. The molecule has 0 saturated carbocycles. The lowest BCUT2D eigenvalue weighted by Crippen LogP contribution is -2.45. The van der Waals surface area contributed by atoms with E-state index in [1.165, 1.54) is 6.08 Å². The molecule has 0 saturated heterocycles. The van der Waals surface area contributed by atoms with Crippen LogP contribution in [0.25, 0.3) is 0 Å². The number of Topliss-reactive ketones (excluding diaryl/α,β-unsaturated/α-hetero) is 1. The van der Waals surface area contributed by atoms with Gasteiger partial charge in [0.25, 0.3) is 0 Å². The fraction of sp³-hybridized carbons (Fsp3) is 0.583. The quantitative estimate of drug-likeness (QED) is 0.561. The summed E-state index contributed by atoms with van der Waals surface area (Å²) in [7, 11) is -2.76. The molecule has 8 nitrogen and oxygen atoms in total. The number of carbonyl (C=O) groups excluding carboxylic acids is 3. The highest BCUT2D eigenvalue weighted by molar-refractivity contribution is 7.91. The number of aliphatic hydroxyl groups excluding tert-OH is 1. The van der Waals surface area contributed by atoms with Gasteiger partial charge >= 0.3 is 5.97 Å². The number of sulfone groups is 1. The summed E-state index contributed by atoms with van der Waals surface area (Å²) in [5.74, 6) is -3.18. The number of methoxy groups -OCH3 is 1. The van der Waals surface area contributed by atoms with Crippen LogP contribution < -0.4 is 5.32 Å². The van der Waals surface area contributed by atoms with E-state index in [9.17, 15) is 27.9 Å². The molecule has 118 valence electrons. The minimum Gasteiger partial charge on any atom is -0.467 e. The minimum atomic E-state index is -3.84. The Hall–Kier alpha value is -1.74. The second-order valence-electron chi connectivity index (χ2n) is 4.72. The van der Waals surface area contributed by atoms with Gasteiger partial charge in [0, 0.05) is 18.9 Å². The molecule has 2 N–H and O–H groups in total. The van der Waals surface area contributed by atoms with Gasteiger partial charge in [-0.05, 0) is 6.08 Å². The van der Waals surface area contributed by atoms with Crippen LogP contribution in [0.15, 0.2) is 11.6 Å². The summed E-state index contributed by atoms with van der Waals surface area (Å²) in [6, 6.07) is -1.33. The Labute approximate surface area is 122 Å². The summed E-state index contributed by atoms with van der Waals surface area (Å²) < 4.78 is 28.5. The highest BCUT2D eigenvalue weighted by Gasteiger charge is 2.31. The first-order chi connectivity index (χ1) is 9.64. The number of rotatable bonds is 6. The third-order valence-corrected chi connectivity index (χ3v) is 4.40. The van der Waals surface area contributed by atoms with E-state index in [0.717, 1.165) is 14.0 Å². The Morgan fingerprint density at radius 1 is 1.52 bits per heavy atom. The van der Waals surface area contributed by atoms with Gasteiger partial charge in [-0.25, -0.2) is 13.2 Å². The molecule has 0 spiro atoms. The van der Waals surface area contributed by atoms with Gasteiger partial charge in [-0.15, -0.1) is 0 Å². The molecule has 0 unspecified atom stereocenters. The Morgan fingerprint density at radius 3 is 2.57 bits per heavy atom. The molecule has 0 aromatic carbocycles. The lowest BCUT2D eigenvalue weighted by Gasteiger charge is -2.15. The Bertz CT molecular complexity index is 578. The SMILES string of the molecule is COC(=O)[C@H](CS(=O)(=O)CC1=C[C@H](O)CC1=O)NC(C)=O. The first-order valence-electron chi connectivity index (χ1n) is 6.12. The molecule has 1 aliphatic rings. The number of carbonyl (C=O) groups is 3. The number of ether oxygens (including phenoxy) is 1. The third kappa shape index (κ3) is 5.27. The fourth-order valence-corrected chi connectivity index (χ4v) is 3.52. The maximum Gasteiger partial charge on any atom is 0.329 e. The van der Waals surface area contributed by atoms with Crippen LogP contribution in [0.4, 0.5) is 0 Å². The average Bonchev–Trinajstić information content (AvgIpc) is 2.64. The van der Waals surface area contributed by atoms with Crippen molar-refractivity contribution in [3.8, 4) is 0 Å². The predicted octanol–water partition coefficient (Wildman–Crippen LogP) is -1.66. The highest BCUT2D eigenvalue weighted by Crippen LogP contribution is 2.17. The van der Waals surface area contributed by atoms with Crippen molar-refractivity contribution in [2.75, 3.05) is 18.6 Å². The number of ketones is 1. The Balaban J connectivity index is 2.81. The van der Waals surface area contributed by atoms with Gasteiger partial charge in [-0.3, -0.25) is 9.59 Å². The van der Waals surface area contributed by atoms with E-state index >= 15 is 0 Å². The summed E-state index contributed by atoms with van der Waals surface area (Å²) in [4.78, 5) is 33.9. The van der Waals surface area contributed by atoms with E-state index in [0.29, 0.717) is 0 Å². The lowest BCUT2D eigenvalue weighted by molar-refractivity contribution is -0.144. The van der Waals surface area contributed by atoms with E-state index in [1.807, 2.05) is 0 Å². The second kappa shape index (κ2) is 6.81. The van der Waals surface area contributed by atoms with Gasteiger partial charge in [0.05, 0.1) is 24.7 Å². The zero-order valence-electron chi connectivity index (χ0n) is 11.7. The molecule has 0 heterocycles. The summed E-state index contributed by atoms with van der Waals surface area (Å²) in [5, 5.41) is 11.5. The molecular formula is C12H17NO7S. The third-order valence-electron chi connectivity index (χ3n) is 2.81. The zero-order chi connectivity index (χ0) is 16.2. The fourth-order valence-electron chi connectivity index (χ4n) is 1.94. The molecule has 1 rings (SSSR count). The van der Waals surface area contributed by atoms with Crippen LogP contribution in [0.5, 0.6) is 0 Å². The summed E-state index contributed by atoms with van der Waals surface area (Å²) in [5.41, 5.74) is -0.00561.